The van der Waals surface area contributed by atoms with Crippen molar-refractivity contribution in [3.63, 3.8) is 0 Å². The van der Waals surface area contributed by atoms with Crippen LogP contribution in [0, 0.1) is 0 Å². The SMILES string of the molecule is CCN(Cc1cnn(C)c1)C(=O)c1ccc(COc2ccccc2OC)o1. The van der Waals surface area contributed by atoms with Crippen molar-refractivity contribution in [2.75, 3.05) is 13.7 Å². The molecule has 0 bridgehead atoms. The number of aromatic nitrogens is 2. The molecule has 0 N–H and O–H groups in total. The summed E-state index contributed by atoms with van der Waals surface area (Å²) in [5.41, 5.74) is 0.971. The van der Waals surface area contributed by atoms with Crippen molar-refractivity contribution in [2.24, 2.45) is 7.05 Å². The van der Waals surface area contributed by atoms with Crippen molar-refractivity contribution in [1.82, 2.24) is 14.7 Å². The van der Waals surface area contributed by atoms with Crippen LogP contribution in [-0.4, -0.2) is 34.2 Å². The molecule has 3 aromatic rings. The summed E-state index contributed by atoms with van der Waals surface area (Å²) >= 11 is 0. The normalized spacial score (nSPS) is 10.6. The van der Waals surface area contributed by atoms with Crippen LogP contribution in [0.1, 0.15) is 28.8 Å². The number of hydrogen-bond acceptors (Lipinski definition) is 5. The largest absolute Gasteiger partial charge is 0.493 e. The number of benzene rings is 1. The van der Waals surface area contributed by atoms with Gasteiger partial charge in [0.15, 0.2) is 17.3 Å². The van der Waals surface area contributed by atoms with Gasteiger partial charge in [-0.05, 0) is 31.2 Å². The first-order valence-corrected chi connectivity index (χ1v) is 8.72. The lowest BCUT2D eigenvalue weighted by Crippen LogP contribution is -2.29. The summed E-state index contributed by atoms with van der Waals surface area (Å²) in [5.74, 6) is 1.97. The van der Waals surface area contributed by atoms with Gasteiger partial charge < -0.3 is 18.8 Å². The van der Waals surface area contributed by atoms with Gasteiger partial charge in [0, 0.05) is 31.9 Å². The molecular formula is C20H23N3O4. The predicted molar refractivity (Wildman–Crippen MR) is 99.7 cm³/mol. The van der Waals surface area contributed by atoms with Crippen LogP contribution in [0.5, 0.6) is 11.5 Å². The fourth-order valence-corrected chi connectivity index (χ4v) is 2.71. The third kappa shape index (κ3) is 4.49. The minimum Gasteiger partial charge on any atom is -0.493 e. The number of furan rings is 1. The maximum Gasteiger partial charge on any atom is 0.289 e. The smallest absolute Gasteiger partial charge is 0.289 e. The Morgan fingerprint density at radius 1 is 1.22 bits per heavy atom. The highest BCUT2D eigenvalue weighted by atomic mass is 16.5. The van der Waals surface area contributed by atoms with Crippen LogP contribution in [0.25, 0.3) is 0 Å². The Bertz CT molecular complexity index is 900. The van der Waals surface area contributed by atoms with Crippen LogP contribution in [0.2, 0.25) is 0 Å². The van der Waals surface area contributed by atoms with E-state index in [1.807, 2.05) is 44.4 Å². The number of nitrogens with zero attached hydrogens (tertiary/aromatic N) is 3. The van der Waals surface area contributed by atoms with E-state index in [-0.39, 0.29) is 12.5 Å². The number of methoxy groups -OCH3 is 1. The molecule has 0 aliphatic carbocycles. The highest BCUT2D eigenvalue weighted by molar-refractivity contribution is 5.91. The van der Waals surface area contributed by atoms with E-state index in [9.17, 15) is 4.79 Å². The number of para-hydroxylation sites is 2. The van der Waals surface area contributed by atoms with Crippen molar-refractivity contribution in [3.05, 3.63) is 65.9 Å². The number of aryl methyl sites for hydroxylation is 1. The van der Waals surface area contributed by atoms with Crippen molar-refractivity contribution < 1.29 is 18.7 Å². The van der Waals surface area contributed by atoms with Crippen molar-refractivity contribution in [3.8, 4) is 11.5 Å². The third-order valence-electron chi connectivity index (χ3n) is 4.11. The zero-order valence-electron chi connectivity index (χ0n) is 15.7. The van der Waals surface area contributed by atoms with Gasteiger partial charge in [-0.3, -0.25) is 9.48 Å². The summed E-state index contributed by atoms with van der Waals surface area (Å²) in [7, 11) is 3.44. The van der Waals surface area contributed by atoms with Crippen LogP contribution < -0.4 is 9.47 Å². The third-order valence-corrected chi connectivity index (χ3v) is 4.11. The Kier molecular flexibility index (Phi) is 5.80. The molecule has 142 valence electrons. The second-order valence-corrected chi connectivity index (χ2v) is 6.05. The first-order valence-electron chi connectivity index (χ1n) is 8.72. The number of rotatable bonds is 8. The highest BCUT2D eigenvalue weighted by Gasteiger charge is 2.19. The molecule has 2 heterocycles. The molecule has 27 heavy (non-hydrogen) atoms. The zero-order valence-corrected chi connectivity index (χ0v) is 15.7. The summed E-state index contributed by atoms with van der Waals surface area (Å²) < 4.78 is 18.4. The molecule has 0 spiro atoms. The monoisotopic (exact) mass is 369 g/mol. The van der Waals surface area contributed by atoms with Gasteiger partial charge in [-0.1, -0.05) is 12.1 Å². The van der Waals surface area contributed by atoms with E-state index in [0.29, 0.717) is 36.1 Å². The number of amides is 1. The van der Waals surface area contributed by atoms with Gasteiger partial charge in [0.2, 0.25) is 0 Å². The van der Waals surface area contributed by atoms with Gasteiger partial charge in [-0.25, -0.2) is 0 Å². The Morgan fingerprint density at radius 2 is 2.00 bits per heavy atom. The molecule has 0 atom stereocenters. The molecule has 7 nitrogen and oxygen atoms in total. The molecule has 0 saturated carbocycles. The Balaban J connectivity index is 1.64. The lowest BCUT2D eigenvalue weighted by atomic mass is 10.3. The molecule has 1 amide bonds. The average Bonchev–Trinajstić information content (AvgIpc) is 3.33. The van der Waals surface area contributed by atoms with Gasteiger partial charge in [0.05, 0.1) is 13.3 Å². The van der Waals surface area contributed by atoms with Gasteiger partial charge in [0.25, 0.3) is 5.91 Å². The van der Waals surface area contributed by atoms with E-state index < -0.39 is 0 Å². The summed E-state index contributed by atoms with van der Waals surface area (Å²) in [4.78, 5) is 14.4. The molecule has 0 fully saturated rings. The van der Waals surface area contributed by atoms with Gasteiger partial charge in [-0.2, -0.15) is 5.10 Å². The minimum absolute atomic E-state index is 0.162. The lowest BCUT2D eigenvalue weighted by Gasteiger charge is -2.18. The van der Waals surface area contributed by atoms with Crippen LogP contribution >= 0.6 is 0 Å². The van der Waals surface area contributed by atoms with Crippen molar-refractivity contribution in [2.45, 2.75) is 20.1 Å². The quantitative estimate of drug-likeness (QED) is 0.610. The lowest BCUT2D eigenvalue weighted by molar-refractivity contribution is 0.0716. The number of carbonyl (C=O) groups is 1. The second kappa shape index (κ2) is 8.44. The maximum absolute atomic E-state index is 12.7. The first kappa shape index (κ1) is 18.6. The molecule has 7 heteroatoms. The molecule has 0 saturated heterocycles. The Hall–Kier alpha value is -3.22. The van der Waals surface area contributed by atoms with E-state index in [2.05, 4.69) is 5.10 Å². The van der Waals surface area contributed by atoms with Gasteiger partial charge >= 0.3 is 0 Å². The molecule has 2 aromatic heterocycles. The van der Waals surface area contributed by atoms with Crippen LogP contribution in [0.3, 0.4) is 0 Å². The standard InChI is InChI=1S/C20H23N3O4/c1-4-23(13-15-11-21-22(2)12-15)20(24)19-10-9-16(27-19)14-26-18-8-6-5-7-17(18)25-3/h5-12H,4,13-14H2,1-3H3. The van der Waals surface area contributed by atoms with E-state index in [4.69, 9.17) is 13.9 Å². The average molecular weight is 369 g/mol. The molecule has 0 aliphatic heterocycles. The van der Waals surface area contributed by atoms with Crippen molar-refractivity contribution >= 4 is 5.91 Å². The fourth-order valence-electron chi connectivity index (χ4n) is 2.71. The molecular weight excluding hydrogens is 346 g/mol. The van der Waals surface area contributed by atoms with Crippen LogP contribution in [0.15, 0.2) is 53.2 Å². The molecule has 0 aliphatic rings. The zero-order chi connectivity index (χ0) is 19.2. The van der Waals surface area contributed by atoms with Crippen LogP contribution in [-0.2, 0) is 20.2 Å². The molecule has 1 aromatic carbocycles. The highest BCUT2D eigenvalue weighted by Crippen LogP contribution is 2.27. The summed E-state index contributed by atoms with van der Waals surface area (Å²) in [5, 5.41) is 4.14. The second-order valence-electron chi connectivity index (χ2n) is 6.05. The fraction of sp³-hybridized carbons (Fsp3) is 0.300. The topological polar surface area (TPSA) is 69.7 Å². The predicted octanol–water partition coefficient (Wildman–Crippen LogP) is 3.26. The van der Waals surface area contributed by atoms with E-state index in [1.165, 1.54) is 0 Å². The van der Waals surface area contributed by atoms with E-state index >= 15 is 0 Å². The van der Waals surface area contributed by atoms with Crippen LogP contribution in [0.4, 0.5) is 0 Å². The van der Waals surface area contributed by atoms with Gasteiger partial charge in [0.1, 0.15) is 12.4 Å². The summed E-state index contributed by atoms with van der Waals surface area (Å²) in [6.07, 6.45) is 3.65. The number of ether oxygens (including phenoxy) is 2. The number of hydrogen-bond donors (Lipinski definition) is 0. The summed E-state index contributed by atoms with van der Waals surface area (Å²) in [6, 6.07) is 10.8. The van der Waals surface area contributed by atoms with E-state index in [1.54, 1.807) is 35.0 Å². The Labute approximate surface area is 158 Å². The minimum atomic E-state index is -0.162. The van der Waals surface area contributed by atoms with Gasteiger partial charge in [-0.15, -0.1) is 0 Å². The first-order chi connectivity index (χ1) is 13.1. The van der Waals surface area contributed by atoms with E-state index in [0.717, 1.165) is 5.56 Å². The number of carbonyl (C=O) groups excluding carboxylic acids is 1. The summed E-state index contributed by atoms with van der Waals surface area (Å²) in [6.45, 7) is 3.20. The van der Waals surface area contributed by atoms with Crippen molar-refractivity contribution in [1.29, 1.82) is 0 Å². The molecule has 0 radical (unpaired) electrons. The molecule has 3 rings (SSSR count). The molecule has 0 unspecified atom stereocenters. The Morgan fingerprint density at radius 3 is 2.67 bits per heavy atom. The maximum atomic E-state index is 12.7.